The Bertz CT molecular complexity index is 233. The lowest BCUT2D eigenvalue weighted by atomic mass is 9.95. The van der Waals surface area contributed by atoms with Gasteiger partial charge in [-0.05, 0) is 38.8 Å². The molecule has 0 aromatic heterocycles. The lowest BCUT2D eigenvalue weighted by Gasteiger charge is -2.31. The van der Waals surface area contributed by atoms with Crippen LogP contribution in [0.2, 0.25) is 0 Å². The summed E-state index contributed by atoms with van der Waals surface area (Å²) in [4.78, 5) is 11.9. The van der Waals surface area contributed by atoms with Gasteiger partial charge in [0, 0.05) is 12.6 Å². The summed E-state index contributed by atoms with van der Waals surface area (Å²) in [5.41, 5.74) is 0. The Hall–Kier alpha value is -0.610. The van der Waals surface area contributed by atoms with Gasteiger partial charge in [-0.3, -0.25) is 4.79 Å². The van der Waals surface area contributed by atoms with Crippen LogP contribution in [-0.2, 0) is 9.53 Å². The highest BCUT2D eigenvalue weighted by Gasteiger charge is 2.24. The molecule has 0 radical (unpaired) electrons. The summed E-state index contributed by atoms with van der Waals surface area (Å²) >= 11 is 0. The largest absolute Gasteiger partial charge is 0.369 e. The smallest absolute Gasteiger partial charge is 0.249 e. The van der Waals surface area contributed by atoms with Crippen LogP contribution < -0.4 is 10.6 Å². The normalized spacial score (nSPS) is 26.5. The first-order valence-corrected chi connectivity index (χ1v) is 6.77. The molecule has 3 atom stereocenters. The molecule has 1 rings (SSSR count). The van der Waals surface area contributed by atoms with Crippen LogP contribution in [0, 0.1) is 5.92 Å². The third-order valence-corrected chi connectivity index (χ3v) is 3.35. The van der Waals surface area contributed by atoms with Gasteiger partial charge in [-0.15, -0.1) is 0 Å². The molecular weight excluding hydrogens is 216 g/mol. The summed E-state index contributed by atoms with van der Waals surface area (Å²) in [5, 5.41) is 6.42. The molecule has 1 aliphatic rings. The number of carbonyl (C=O) groups excluding carboxylic acids is 1. The zero-order valence-electron chi connectivity index (χ0n) is 11.3. The van der Waals surface area contributed by atoms with Crippen molar-refractivity contribution in [3.8, 4) is 0 Å². The van der Waals surface area contributed by atoms with Crippen molar-refractivity contribution in [3.05, 3.63) is 0 Å². The maximum atomic E-state index is 11.9. The summed E-state index contributed by atoms with van der Waals surface area (Å²) in [5.74, 6) is 0.524. The summed E-state index contributed by atoms with van der Waals surface area (Å²) in [6.45, 7) is 8.75. The van der Waals surface area contributed by atoms with Gasteiger partial charge in [0.1, 0.15) is 6.10 Å². The van der Waals surface area contributed by atoms with Gasteiger partial charge in [0.15, 0.2) is 0 Å². The van der Waals surface area contributed by atoms with Crippen molar-refractivity contribution in [1.29, 1.82) is 0 Å². The van der Waals surface area contributed by atoms with Crippen molar-refractivity contribution >= 4 is 5.91 Å². The number of rotatable bonds is 6. The Kier molecular flexibility index (Phi) is 6.52. The van der Waals surface area contributed by atoms with Gasteiger partial charge in [-0.25, -0.2) is 0 Å². The van der Waals surface area contributed by atoms with Crippen molar-refractivity contribution in [2.75, 3.05) is 19.7 Å². The quantitative estimate of drug-likeness (QED) is 0.690. The summed E-state index contributed by atoms with van der Waals surface area (Å²) in [6.07, 6.45) is 2.79. The summed E-state index contributed by atoms with van der Waals surface area (Å²) in [6, 6.07) is 0.293. The average Bonchev–Trinajstić information content (AvgIpc) is 2.32. The molecule has 0 aromatic carbocycles. The van der Waals surface area contributed by atoms with Gasteiger partial charge in [0.25, 0.3) is 0 Å². The molecule has 1 saturated heterocycles. The van der Waals surface area contributed by atoms with E-state index in [1.807, 2.05) is 6.92 Å². The van der Waals surface area contributed by atoms with E-state index in [2.05, 4.69) is 24.5 Å². The van der Waals surface area contributed by atoms with E-state index < -0.39 is 0 Å². The number of piperidine rings is 1. The Morgan fingerprint density at radius 1 is 1.59 bits per heavy atom. The average molecular weight is 242 g/mol. The van der Waals surface area contributed by atoms with Crippen molar-refractivity contribution in [1.82, 2.24) is 10.6 Å². The summed E-state index contributed by atoms with van der Waals surface area (Å²) in [7, 11) is 0. The minimum Gasteiger partial charge on any atom is -0.369 e. The number of hydrogen-bond acceptors (Lipinski definition) is 3. The lowest BCUT2D eigenvalue weighted by Crippen LogP contribution is -2.50. The van der Waals surface area contributed by atoms with Crippen LogP contribution in [0.5, 0.6) is 0 Å². The number of hydrogen-bond donors (Lipinski definition) is 2. The van der Waals surface area contributed by atoms with E-state index in [1.165, 1.54) is 0 Å². The van der Waals surface area contributed by atoms with Gasteiger partial charge >= 0.3 is 0 Å². The highest BCUT2D eigenvalue weighted by molar-refractivity contribution is 5.80. The van der Waals surface area contributed by atoms with Crippen LogP contribution in [0.15, 0.2) is 0 Å². The molecule has 0 spiro atoms. The van der Waals surface area contributed by atoms with Gasteiger partial charge in [0.05, 0.1) is 0 Å². The van der Waals surface area contributed by atoms with Crippen molar-refractivity contribution < 1.29 is 9.53 Å². The molecule has 4 nitrogen and oxygen atoms in total. The molecule has 1 amide bonds. The van der Waals surface area contributed by atoms with Crippen LogP contribution in [-0.4, -0.2) is 37.7 Å². The minimum absolute atomic E-state index is 0.0276. The van der Waals surface area contributed by atoms with E-state index in [0.29, 0.717) is 18.6 Å². The predicted molar refractivity (Wildman–Crippen MR) is 68.9 cm³/mol. The minimum atomic E-state index is -0.330. The molecule has 17 heavy (non-hydrogen) atoms. The molecule has 4 heteroatoms. The van der Waals surface area contributed by atoms with Gasteiger partial charge in [0.2, 0.25) is 5.91 Å². The third-order valence-electron chi connectivity index (χ3n) is 3.35. The summed E-state index contributed by atoms with van der Waals surface area (Å²) < 4.78 is 5.49. The van der Waals surface area contributed by atoms with E-state index >= 15 is 0 Å². The van der Waals surface area contributed by atoms with Crippen LogP contribution in [0.4, 0.5) is 0 Å². The first-order chi connectivity index (χ1) is 8.15. The molecule has 1 fully saturated rings. The fourth-order valence-electron chi connectivity index (χ4n) is 2.01. The lowest BCUT2D eigenvalue weighted by molar-refractivity contribution is -0.133. The van der Waals surface area contributed by atoms with Crippen molar-refractivity contribution in [2.45, 2.75) is 52.2 Å². The molecule has 1 heterocycles. The fraction of sp³-hybridized carbons (Fsp3) is 0.923. The topological polar surface area (TPSA) is 50.4 Å². The zero-order chi connectivity index (χ0) is 12.7. The van der Waals surface area contributed by atoms with Crippen molar-refractivity contribution in [3.63, 3.8) is 0 Å². The highest BCUT2D eigenvalue weighted by Crippen LogP contribution is 2.10. The molecule has 0 aromatic rings. The number of carbonyl (C=O) groups is 1. The van der Waals surface area contributed by atoms with Crippen LogP contribution in [0.3, 0.4) is 0 Å². The van der Waals surface area contributed by atoms with Crippen LogP contribution in [0.1, 0.15) is 40.0 Å². The zero-order valence-corrected chi connectivity index (χ0v) is 11.3. The van der Waals surface area contributed by atoms with E-state index in [0.717, 1.165) is 32.4 Å². The van der Waals surface area contributed by atoms with Crippen LogP contribution in [0.25, 0.3) is 0 Å². The molecular formula is C13H26N2O2. The molecule has 3 unspecified atom stereocenters. The first kappa shape index (κ1) is 14.5. The second-order valence-electron chi connectivity index (χ2n) is 4.95. The van der Waals surface area contributed by atoms with E-state index in [4.69, 9.17) is 4.74 Å². The van der Waals surface area contributed by atoms with Gasteiger partial charge in [-0.1, -0.05) is 20.3 Å². The second kappa shape index (κ2) is 7.67. The molecule has 0 saturated carbocycles. The van der Waals surface area contributed by atoms with E-state index in [1.54, 1.807) is 0 Å². The number of nitrogens with one attached hydrogen (secondary N) is 2. The Morgan fingerprint density at radius 3 is 3.00 bits per heavy atom. The third kappa shape index (κ3) is 5.04. The van der Waals surface area contributed by atoms with Crippen molar-refractivity contribution in [2.24, 2.45) is 5.92 Å². The molecule has 0 bridgehead atoms. The van der Waals surface area contributed by atoms with E-state index in [-0.39, 0.29) is 12.0 Å². The number of unbranched alkanes of at least 4 members (excludes halogenated alkanes) is 1. The maximum Gasteiger partial charge on any atom is 0.249 e. The molecule has 100 valence electrons. The highest BCUT2D eigenvalue weighted by atomic mass is 16.5. The Balaban J connectivity index is 2.26. The van der Waals surface area contributed by atoms with E-state index in [9.17, 15) is 4.79 Å². The second-order valence-corrected chi connectivity index (χ2v) is 4.95. The first-order valence-electron chi connectivity index (χ1n) is 6.77. The molecule has 2 N–H and O–H groups in total. The molecule has 0 aliphatic carbocycles. The van der Waals surface area contributed by atoms with Gasteiger partial charge < -0.3 is 15.4 Å². The standard InChI is InChI=1S/C13H26N2O2/c1-4-5-8-17-11(3)13(16)15-12-6-7-14-9-10(12)2/h10-12,14H,4-9H2,1-3H3,(H,15,16). The number of amides is 1. The Morgan fingerprint density at radius 2 is 2.35 bits per heavy atom. The SMILES string of the molecule is CCCCOC(C)C(=O)NC1CCNCC1C. The fourth-order valence-corrected chi connectivity index (χ4v) is 2.01. The molecule has 1 aliphatic heterocycles. The predicted octanol–water partition coefficient (Wildman–Crippen LogP) is 1.31. The number of ether oxygens (including phenoxy) is 1. The maximum absolute atomic E-state index is 11.9. The van der Waals surface area contributed by atoms with Crippen LogP contribution >= 0.6 is 0 Å². The van der Waals surface area contributed by atoms with Gasteiger partial charge in [-0.2, -0.15) is 0 Å². The monoisotopic (exact) mass is 242 g/mol. The Labute approximate surface area is 104 Å².